The van der Waals surface area contributed by atoms with E-state index in [4.69, 9.17) is 16.3 Å². The second-order valence-corrected chi connectivity index (χ2v) is 6.24. The largest absolute Gasteiger partial charge is 0.447 e. The van der Waals surface area contributed by atoms with Gasteiger partial charge in [0.15, 0.2) is 0 Å². The lowest BCUT2D eigenvalue weighted by atomic mass is 10.1. The van der Waals surface area contributed by atoms with Gasteiger partial charge in [-0.05, 0) is 36.4 Å². The number of carbonyl (C=O) groups excluding carboxylic acids is 2. The van der Waals surface area contributed by atoms with Gasteiger partial charge in [0.25, 0.3) is 5.91 Å². The number of hydrogen-bond donors (Lipinski definition) is 1. The van der Waals surface area contributed by atoms with E-state index in [1.807, 2.05) is 6.07 Å². The third-order valence-corrected chi connectivity index (χ3v) is 4.31. The number of hydrogen-bond acceptors (Lipinski definition) is 4. The Morgan fingerprint density at radius 2 is 2.08 bits per heavy atom. The highest BCUT2D eigenvalue weighted by Crippen LogP contribution is 2.25. The Labute approximate surface area is 154 Å². The molecule has 1 aliphatic rings. The highest BCUT2D eigenvalue weighted by atomic mass is 35.5. The van der Waals surface area contributed by atoms with Crippen LogP contribution in [0.3, 0.4) is 0 Å². The minimum atomic E-state index is -0.390. The summed E-state index contributed by atoms with van der Waals surface area (Å²) >= 11 is 6.13. The van der Waals surface area contributed by atoms with Crippen LogP contribution in [0.15, 0.2) is 54.7 Å². The normalized spacial score (nSPS) is 13.7. The second-order valence-electron chi connectivity index (χ2n) is 5.80. The van der Waals surface area contributed by atoms with E-state index in [1.54, 1.807) is 48.7 Å². The van der Waals surface area contributed by atoms with Crippen LogP contribution >= 0.6 is 11.6 Å². The van der Waals surface area contributed by atoms with Gasteiger partial charge in [-0.2, -0.15) is 0 Å². The van der Waals surface area contributed by atoms with Crippen molar-refractivity contribution in [2.24, 2.45) is 0 Å². The Morgan fingerprint density at radius 3 is 2.88 bits per heavy atom. The van der Waals surface area contributed by atoms with Gasteiger partial charge >= 0.3 is 6.09 Å². The zero-order valence-corrected chi connectivity index (χ0v) is 14.4. The van der Waals surface area contributed by atoms with E-state index >= 15 is 0 Å². The molecule has 3 aromatic rings. The average Bonchev–Trinajstić information content (AvgIpc) is 3.07. The van der Waals surface area contributed by atoms with Gasteiger partial charge in [0.05, 0.1) is 17.6 Å². The fourth-order valence-electron chi connectivity index (χ4n) is 2.91. The molecule has 0 spiro atoms. The number of halogens is 1. The second kappa shape index (κ2) is 6.65. The molecular formula is C19H14ClN3O3. The number of fused-ring (bicyclic) bond motifs is 1. The Balaban J connectivity index is 1.64. The van der Waals surface area contributed by atoms with Crippen LogP contribution < -0.4 is 10.2 Å². The molecule has 0 bridgehead atoms. The molecule has 1 saturated heterocycles. The van der Waals surface area contributed by atoms with Gasteiger partial charge in [0.2, 0.25) is 0 Å². The molecule has 7 heteroatoms. The third-order valence-electron chi connectivity index (χ3n) is 4.09. The summed E-state index contributed by atoms with van der Waals surface area (Å²) in [5.41, 5.74) is 2.20. The fourth-order valence-corrected chi connectivity index (χ4v) is 3.13. The molecule has 1 fully saturated rings. The van der Waals surface area contributed by atoms with E-state index in [0.29, 0.717) is 40.6 Å². The van der Waals surface area contributed by atoms with Crippen molar-refractivity contribution in [3.63, 3.8) is 0 Å². The number of pyridine rings is 1. The minimum absolute atomic E-state index is 0.322. The van der Waals surface area contributed by atoms with Gasteiger partial charge < -0.3 is 10.1 Å². The maximum atomic E-state index is 12.8. The van der Waals surface area contributed by atoms with E-state index in [9.17, 15) is 9.59 Å². The number of benzene rings is 2. The van der Waals surface area contributed by atoms with Crippen LogP contribution in [0.5, 0.6) is 0 Å². The first-order chi connectivity index (χ1) is 12.6. The van der Waals surface area contributed by atoms with Crippen molar-refractivity contribution in [3.8, 4) is 0 Å². The minimum Gasteiger partial charge on any atom is -0.447 e. The number of anilines is 2. The molecule has 6 nitrogen and oxygen atoms in total. The lowest BCUT2D eigenvalue weighted by Gasteiger charge is -2.14. The molecule has 0 saturated carbocycles. The topological polar surface area (TPSA) is 71.5 Å². The summed E-state index contributed by atoms with van der Waals surface area (Å²) in [7, 11) is 0. The van der Waals surface area contributed by atoms with Crippen molar-refractivity contribution < 1.29 is 14.3 Å². The highest BCUT2D eigenvalue weighted by Gasteiger charge is 2.23. The maximum Gasteiger partial charge on any atom is 0.414 e. The van der Waals surface area contributed by atoms with Gasteiger partial charge in [-0.25, -0.2) is 4.79 Å². The quantitative estimate of drug-likeness (QED) is 0.756. The van der Waals surface area contributed by atoms with E-state index in [-0.39, 0.29) is 5.91 Å². The van der Waals surface area contributed by atoms with Crippen molar-refractivity contribution >= 4 is 45.9 Å². The van der Waals surface area contributed by atoms with Gasteiger partial charge in [0, 0.05) is 28.0 Å². The van der Waals surface area contributed by atoms with Crippen LogP contribution in [-0.4, -0.2) is 30.1 Å². The maximum absolute atomic E-state index is 12.8. The van der Waals surface area contributed by atoms with Crippen LogP contribution in [-0.2, 0) is 4.74 Å². The Hall–Kier alpha value is -3.12. The van der Waals surface area contributed by atoms with Crippen LogP contribution in [0.4, 0.5) is 16.2 Å². The van der Waals surface area contributed by atoms with E-state index in [2.05, 4.69) is 10.3 Å². The highest BCUT2D eigenvalue weighted by molar-refractivity contribution is 6.32. The lowest BCUT2D eigenvalue weighted by molar-refractivity contribution is 0.102. The number of aromatic nitrogens is 1. The first kappa shape index (κ1) is 16.4. The zero-order valence-electron chi connectivity index (χ0n) is 13.6. The lowest BCUT2D eigenvalue weighted by Crippen LogP contribution is -2.23. The summed E-state index contributed by atoms with van der Waals surface area (Å²) in [4.78, 5) is 30.3. The van der Waals surface area contributed by atoms with Crippen LogP contribution in [0.25, 0.3) is 10.9 Å². The average molecular weight is 368 g/mol. The Morgan fingerprint density at radius 1 is 1.19 bits per heavy atom. The van der Waals surface area contributed by atoms with Gasteiger partial charge in [-0.1, -0.05) is 23.7 Å². The van der Waals surface area contributed by atoms with Crippen molar-refractivity contribution in [2.45, 2.75) is 0 Å². The molecule has 0 aliphatic carbocycles. The molecule has 2 heterocycles. The summed E-state index contributed by atoms with van der Waals surface area (Å²) in [6.45, 7) is 0.842. The number of rotatable bonds is 3. The van der Waals surface area contributed by atoms with Gasteiger partial charge in [-0.3, -0.25) is 14.7 Å². The SMILES string of the molecule is O=C(Nc1cccc(N2CCOC2=O)c1)c1cc(Cl)cc2cccnc12. The molecule has 130 valence electrons. The number of ether oxygens (including phenoxy) is 1. The number of nitrogens with zero attached hydrogens (tertiary/aromatic N) is 2. The molecule has 4 rings (SSSR count). The molecule has 1 aliphatic heterocycles. The Kier molecular flexibility index (Phi) is 4.18. The summed E-state index contributed by atoms with van der Waals surface area (Å²) in [6, 6.07) is 14.0. The van der Waals surface area contributed by atoms with Crippen molar-refractivity contribution in [1.29, 1.82) is 0 Å². The standard InChI is InChI=1S/C19H14ClN3O3/c20-13-9-12-3-2-6-21-17(12)16(10-13)18(24)22-14-4-1-5-15(11-14)23-7-8-26-19(23)25/h1-6,9-11H,7-8H2,(H,22,24). The molecule has 1 aromatic heterocycles. The first-order valence-corrected chi connectivity index (χ1v) is 8.39. The van der Waals surface area contributed by atoms with Crippen LogP contribution in [0.1, 0.15) is 10.4 Å². The summed E-state index contributed by atoms with van der Waals surface area (Å²) < 4.78 is 4.95. The first-order valence-electron chi connectivity index (χ1n) is 8.02. The molecule has 26 heavy (non-hydrogen) atoms. The number of nitrogens with one attached hydrogen (secondary N) is 1. The van der Waals surface area contributed by atoms with Crippen LogP contribution in [0.2, 0.25) is 5.02 Å². The summed E-state index contributed by atoms with van der Waals surface area (Å²) in [5, 5.41) is 4.09. The van der Waals surface area contributed by atoms with Gasteiger partial charge in [0.1, 0.15) is 6.61 Å². The molecule has 0 unspecified atom stereocenters. The monoisotopic (exact) mass is 367 g/mol. The molecule has 0 radical (unpaired) electrons. The van der Waals surface area contributed by atoms with E-state index < -0.39 is 6.09 Å². The molecule has 1 N–H and O–H groups in total. The molecule has 0 atom stereocenters. The van der Waals surface area contributed by atoms with Gasteiger partial charge in [-0.15, -0.1) is 0 Å². The van der Waals surface area contributed by atoms with E-state index in [0.717, 1.165) is 5.39 Å². The molecular weight excluding hydrogens is 354 g/mol. The van der Waals surface area contributed by atoms with Crippen molar-refractivity contribution in [2.75, 3.05) is 23.4 Å². The summed E-state index contributed by atoms with van der Waals surface area (Å²) in [6.07, 6.45) is 1.24. The predicted molar refractivity (Wildman–Crippen MR) is 99.8 cm³/mol. The summed E-state index contributed by atoms with van der Waals surface area (Å²) in [5.74, 6) is -0.322. The molecule has 2 amide bonds. The van der Waals surface area contributed by atoms with Crippen molar-refractivity contribution in [3.05, 3.63) is 65.3 Å². The number of amides is 2. The predicted octanol–water partition coefficient (Wildman–Crippen LogP) is 4.10. The number of carbonyl (C=O) groups is 2. The van der Waals surface area contributed by atoms with Crippen LogP contribution in [0, 0.1) is 0 Å². The fraction of sp³-hybridized carbons (Fsp3) is 0.105. The zero-order chi connectivity index (χ0) is 18.1. The van der Waals surface area contributed by atoms with E-state index in [1.165, 1.54) is 4.90 Å². The molecule has 2 aromatic carbocycles. The van der Waals surface area contributed by atoms with Crippen molar-refractivity contribution in [1.82, 2.24) is 4.98 Å². The third kappa shape index (κ3) is 3.07. The smallest absolute Gasteiger partial charge is 0.414 e. The number of cyclic esters (lactones) is 1. The Bertz CT molecular complexity index is 1020.